The minimum atomic E-state index is -1.33. The van der Waals surface area contributed by atoms with Crippen LogP contribution in [0, 0.1) is 10.4 Å². The summed E-state index contributed by atoms with van der Waals surface area (Å²) in [5.41, 5.74) is 0. The number of methoxy groups -OCH3 is 1. The number of carbonyl (C=O) groups is 2. The minimum Gasteiger partial charge on any atom is -0.550 e. The van der Waals surface area contributed by atoms with E-state index in [1.165, 1.54) is 10.4 Å². The van der Waals surface area contributed by atoms with E-state index in [-0.39, 0.29) is 6.29 Å². The van der Waals surface area contributed by atoms with Crippen molar-refractivity contribution in [3.63, 3.8) is 0 Å². The fourth-order valence-electron chi connectivity index (χ4n) is 0.991. The maximum atomic E-state index is 9.26. The number of carboxylic acids is 1. The van der Waals surface area contributed by atoms with Gasteiger partial charge in [-0.3, -0.25) is 0 Å². The molecule has 0 saturated heterocycles. The van der Waals surface area contributed by atoms with Gasteiger partial charge < -0.3 is 19.4 Å². The van der Waals surface area contributed by atoms with Crippen LogP contribution in [-0.4, -0.2) is 19.4 Å². The molecule has 0 spiro atoms. The van der Waals surface area contributed by atoms with E-state index < -0.39 is 12.4 Å². The number of aliphatic carboxylic acids is 1. The van der Waals surface area contributed by atoms with Gasteiger partial charge in [-0.25, -0.2) is 0 Å². The highest BCUT2D eigenvalue weighted by Gasteiger charge is 2.03. The predicted octanol–water partition coefficient (Wildman–Crippen LogP) is -0.379. The Morgan fingerprint density at radius 1 is 1.57 bits per heavy atom. The van der Waals surface area contributed by atoms with Gasteiger partial charge in [-0.15, -0.1) is 0 Å². The van der Waals surface area contributed by atoms with E-state index in [2.05, 4.69) is 12.1 Å². The van der Waals surface area contributed by atoms with E-state index in [0.29, 0.717) is 0 Å². The van der Waals surface area contributed by atoms with E-state index in [1.54, 1.807) is 7.11 Å². The topological polar surface area (TPSA) is 66.4 Å². The Kier molecular flexibility index (Phi) is 3.23. The van der Waals surface area contributed by atoms with Crippen molar-refractivity contribution >= 4 is 12.3 Å². The predicted molar refractivity (Wildman–Crippen MR) is 46.4 cm³/mol. The van der Waals surface area contributed by atoms with Gasteiger partial charge in [-0.1, -0.05) is 12.1 Å². The molecule has 2 aliphatic rings. The lowest BCUT2D eigenvalue weighted by Crippen LogP contribution is -2.21. The van der Waals surface area contributed by atoms with Gasteiger partial charge in [0, 0.05) is 17.6 Å². The molecule has 0 aliphatic heterocycles. The summed E-state index contributed by atoms with van der Waals surface area (Å²) < 4.78 is 4.97. The van der Waals surface area contributed by atoms with Crippen LogP contribution < -0.4 is 9.84 Å². The first kappa shape index (κ1) is 10.2. The van der Waals surface area contributed by atoms with Gasteiger partial charge in [0.2, 0.25) is 0 Å². The molecule has 0 aromatic carbocycles. The third-order valence-electron chi connectivity index (χ3n) is 1.76. The molecule has 0 amide bonds. The number of hydrogen-bond donors (Lipinski definition) is 0. The van der Waals surface area contributed by atoms with Crippen molar-refractivity contribution in [3.05, 3.63) is 28.6 Å². The van der Waals surface area contributed by atoms with Crippen LogP contribution in [-0.2, 0) is 9.59 Å². The first-order valence-electron chi connectivity index (χ1n) is 4.01. The summed E-state index contributed by atoms with van der Waals surface area (Å²) >= 11 is 0. The Morgan fingerprint density at radius 3 is 2.36 bits per heavy atom. The van der Waals surface area contributed by atoms with Crippen molar-refractivity contribution in [1.29, 1.82) is 0 Å². The highest BCUT2D eigenvalue weighted by molar-refractivity contribution is 5.80. The summed E-state index contributed by atoms with van der Waals surface area (Å²) in [4.78, 5) is 18.5. The van der Waals surface area contributed by atoms with Crippen LogP contribution >= 0.6 is 0 Å². The highest BCUT2D eigenvalue weighted by Crippen LogP contribution is 2.22. The van der Waals surface area contributed by atoms with E-state index >= 15 is 0 Å². The van der Waals surface area contributed by atoms with E-state index in [9.17, 15) is 14.7 Å². The molecule has 4 heteroatoms. The van der Waals surface area contributed by atoms with Crippen LogP contribution in [0.3, 0.4) is 0 Å². The third-order valence-corrected chi connectivity index (χ3v) is 1.76. The monoisotopic (exact) mass is 193 g/mol. The summed E-state index contributed by atoms with van der Waals surface area (Å²) in [5, 5.41) is 11.9. The molecule has 4 nitrogen and oxygen atoms in total. The van der Waals surface area contributed by atoms with Crippen LogP contribution in [0.25, 0.3) is 0 Å². The van der Waals surface area contributed by atoms with Crippen LogP contribution in [0.2, 0.25) is 0 Å². The van der Waals surface area contributed by atoms with Crippen molar-refractivity contribution in [2.45, 2.75) is 6.42 Å². The molecule has 0 bridgehead atoms. The summed E-state index contributed by atoms with van der Waals surface area (Å²) in [6.07, 6.45) is -0.213. The zero-order chi connectivity index (χ0) is 10.6. The van der Waals surface area contributed by atoms with Gasteiger partial charge >= 0.3 is 0 Å². The third kappa shape index (κ3) is 2.10. The van der Waals surface area contributed by atoms with E-state index in [1.807, 2.05) is 6.07 Å². The maximum absolute atomic E-state index is 9.26. The van der Waals surface area contributed by atoms with Crippen LogP contribution in [0.4, 0.5) is 0 Å². The van der Waals surface area contributed by atoms with E-state index in [4.69, 9.17) is 4.74 Å². The molecule has 74 valence electrons. The molecule has 0 saturated carbocycles. The van der Waals surface area contributed by atoms with Crippen molar-refractivity contribution in [1.82, 2.24) is 0 Å². The number of rotatable bonds is 3. The van der Waals surface area contributed by atoms with Gasteiger partial charge in [0.1, 0.15) is 12.0 Å². The normalized spacial score (nSPS) is 9.50. The Balaban J connectivity index is 0.000000149. The summed E-state index contributed by atoms with van der Waals surface area (Å²) in [6.45, 7) is 0. The SMILES string of the molecule is COc1cc2ccc1=2.O=CCC(=O)[O-]. The van der Waals surface area contributed by atoms with Crippen molar-refractivity contribution < 1.29 is 19.4 Å². The number of carbonyl (C=O) groups excluding carboxylic acids is 2. The van der Waals surface area contributed by atoms with Crippen molar-refractivity contribution in [2.75, 3.05) is 7.11 Å². The summed E-state index contributed by atoms with van der Waals surface area (Å²) in [6, 6.07) is 6.18. The number of aldehydes is 1. The molecule has 2 rings (SSSR count). The molecule has 0 unspecified atom stereocenters. The average Bonchev–Trinajstić information content (AvgIpc) is 2.10. The fraction of sp³-hybridized carbons (Fsp3) is 0.200. The van der Waals surface area contributed by atoms with Gasteiger partial charge in [0.25, 0.3) is 0 Å². The van der Waals surface area contributed by atoms with Gasteiger partial charge in [0.05, 0.1) is 7.11 Å². The number of carboxylic acid groups (broad SMARTS) is 1. The molecule has 0 aromatic rings. The number of hydrogen-bond acceptors (Lipinski definition) is 4. The average molecular weight is 193 g/mol. The van der Waals surface area contributed by atoms with E-state index in [0.717, 1.165) is 5.75 Å². The molecule has 14 heavy (non-hydrogen) atoms. The summed E-state index contributed by atoms with van der Waals surface area (Å²) in [5.74, 6) is -0.299. The Morgan fingerprint density at radius 2 is 2.29 bits per heavy atom. The Labute approximate surface area is 80.4 Å². The Hall–Kier alpha value is -1.84. The zero-order valence-electron chi connectivity index (χ0n) is 7.65. The second-order valence-corrected chi connectivity index (χ2v) is 2.66. The lowest BCUT2D eigenvalue weighted by atomic mass is 10.1. The quantitative estimate of drug-likeness (QED) is 0.492. The molecule has 0 N–H and O–H groups in total. The van der Waals surface area contributed by atoms with Crippen LogP contribution in [0.15, 0.2) is 18.2 Å². The lowest BCUT2D eigenvalue weighted by molar-refractivity contribution is -0.304. The zero-order valence-corrected chi connectivity index (χ0v) is 7.65. The Bertz CT molecular complexity index is 436. The summed E-state index contributed by atoms with van der Waals surface area (Å²) in [7, 11) is 1.70. The highest BCUT2D eigenvalue weighted by atomic mass is 16.5. The largest absolute Gasteiger partial charge is 0.550 e. The van der Waals surface area contributed by atoms with Gasteiger partial charge in [-0.05, 0) is 11.3 Å². The van der Waals surface area contributed by atoms with Crippen LogP contribution in [0.1, 0.15) is 6.42 Å². The molecule has 0 atom stereocenters. The van der Waals surface area contributed by atoms with Crippen LogP contribution in [0.5, 0.6) is 5.75 Å². The standard InChI is InChI=1S/C7H6O.C3H4O3/c1-8-7-4-5-2-3-6(5)7;4-2-1-3(5)6/h2-4H,1H3;2H,1H2,(H,5,6)/p-1. The first-order valence-corrected chi connectivity index (χ1v) is 4.01. The number of benzene rings is 1. The van der Waals surface area contributed by atoms with Crippen molar-refractivity contribution in [3.8, 4) is 5.75 Å². The second-order valence-electron chi connectivity index (χ2n) is 2.66. The lowest BCUT2D eigenvalue weighted by Gasteiger charge is -2.08. The molecule has 0 heterocycles. The smallest absolute Gasteiger partial charge is 0.127 e. The molecule has 0 fully saturated rings. The second kappa shape index (κ2) is 4.41. The van der Waals surface area contributed by atoms with Gasteiger partial charge in [0.15, 0.2) is 0 Å². The molecule has 0 radical (unpaired) electrons. The molecule has 2 aliphatic carbocycles. The minimum absolute atomic E-state index is 0.287. The molecular weight excluding hydrogens is 184 g/mol. The van der Waals surface area contributed by atoms with Crippen molar-refractivity contribution in [2.24, 2.45) is 0 Å². The fourth-order valence-corrected chi connectivity index (χ4v) is 0.991. The number of ether oxygens (including phenoxy) is 1. The molecule has 0 aromatic heterocycles. The maximum Gasteiger partial charge on any atom is 0.127 e. The first-order chi connectivity index (χ1) is 6.69. The molecular formula is C10H9O4-. The van der Waals surface area contributed by atoms with Gasteiger partial charge in [-0.2, -0.15) is 0 Å².